The van der Waals surface area contributed by atoms with Crippen LogP contribution in [0.15, 0.2) is 60.7 Å². The fourth-order valence-corrected chi connectivity index (χ4v) is 6.03. The van der Waals surface area contributed by atoms with Gasteiger partial charge >= 0.3 is 8.38 Å². The molecule has 0 spiro atoms. The Morgan fingerprint density at radius 1 is 0.390 bits per heavy atom. The molecular weight excluding hydrogens is 519 g/mol. The third-order valence-corrected chi connectivity index (χ3v) is 9.06. The van der Waals surface area contributed by atoms with Gasteiger partial charge in [0.15, 0.2) is 0 Å². The molecule has 0 amide bonds. The fourth-order valence-electron chi connectivity index (χ4n) is 4.71. The van der Waals surface area contributed by atoms with Crippen LogP contribution in [0.1, 0.15) is 132 Å². The standard InChI is InChI=1S/C38H55O2P/c1-34(2,3)26-16-20-29(21-17-26)41(39-32-22-18-27(35(4,5)6)24-30(32)37(10,11)12)40-33-23-19-28(36(7,8)9)25-31(33)38(13,14)15/h16-25H,1-15H3. The zero-order valence-corrected chi connectivity index (χ0v) is 29.4. The summed E-state index contributed by atoms with van der Waals surface area (Å²) in [6.45, 7) is 33.8. The number of rotatable bonds is 5. The van der Waals surface area contributed by atoms with E-state index in [0.29, 0.717) is 0 Å². The van der Waals surface area contributed by atoms with Gasteiger partial charge in [-0.25, -0.2) is 0 Å². The third kappa shape index (κ3) is 8.38. The van der Waals surface area contributed by atoms with E-state index in [1.807, 2.05) is 0 Å². The van der Waals surface area contributed by atoms with Crippen LogP contribution in [-0.2, 0) is 27.1 Å². The second-order valence-corrected chi connectivity index (χ2v) is 18.1. The Balaban J connectivity index is 2.18. The fraction of sp³-hybridized carbons (Fsp3) is 0.526. The summed E-state index contributed by atoms with van der Waals surface area (Å²) in [5.74, 6) is 1.78. The number of hydrogen-bond donors (Lipinski definition) is 0. The van der Waals surface area contributed by atoms with Gasteiger partial charge in [0.1, 0.15) is 11.5 Å². The lowest BCUT2D eigenvalue weighted by Crippen LogP contribution is -2.20. The summed E-state index contributed by atoms with van der Waals surface area (Å²) >= 11 is 0. The lowest BCUT2D eigenvalue weighted by atomic mass is 9.80. The van der Waals surface area contributed by atoms with Gasteiger partial charge in [-0.15, -0.1) is 0 Å². The molecule has 41 heavy (non-hydrogen) atoms. The maximum atomic E-state index is 6.96. The van der Waals surface area contributed by atoms with Crippen LogP contribution in [0.4, 0.5) is 0 Å². The largest absolute Gasteiger partial charge is 0.435 e. The van der Waals surface area contributed by atoms with Crippen molar-refractivity contribution in [3.63, 3.8) is 0 Å². The maximum absolute atomic E-state index is 6.96. The minimum Gasteiger partial charge on any atom is -0.435 e. The van der Waals surface area contributed by atoms with Gasteiger partial charge < -0.3 is 9.05 Å². The van der Waals surface area contributed by atoms with Crippen LogP contribution in [-0.4, -0.2) is 0 Å². The predicted molar refractivity (Wildman–Crippen MR) is 181 cm³/mol. The second-order valence-electron chi connectivity index (χ2n) is 16.7. The lowest BCUT2D eigenvalue weighted by Gasteiger charge is -2.31. The van der Waals surface area contributed by atoms with Crippen LogP contribution >= 0.6 is 8.38 Å². The van der Waals surface area contributed by atoms with E-state index in [9.17, 15) is 0 Å². The van der Waals surface area contributed by atoms with Crippen LogP contribution in [0, 0.1) is 0 Å². The van der Waals surface area contributed by atoms with Crippen LogP contribution in [0.2, 0.25) is 0 Å². The van der Waals surface area contributed by atoms with E-state index in [-0.39, 0.29) is 27.1 Å². The van der Waals surface area contributed by atoms with Crippen molar-refractivity contribution in [2.24, 2.45) is 0 Å². The summed E-state index contributed by atoms with van der Waals surface area (Å²) < 4.78 is 13.9. The van der Waals surface area contributed by atoms with Crippen molar-refractivity contribution in [3.8, 4) is 11.5 Å². The molecule has 0 heterocycles. The third-order valence-electron chi connectivity index (χ3n) is 7.61. The molecule has 0 saturated heterocycles. The molecule has 0 aromatic heterocycles. The maximum Gasteiger partial charge on any atom is 0.326 e. The highest BCUT2D eigenvalue weighted by atomic mass is 31.2. The highest BCUT2D eigenvalue weighted by Gasteiger charge is 2.30. The van der Waals surface area contributed by atoms with Gasteiger partial charge in [-0.1, -0.05) is 140 Å². The molecule has 224 valence electrons. The molecule has 0 aliphatic heterocycles. The average molecular weight is 575 g/mol. The number of hydrogen-bond acceptors (Lipinski definition) is 2. The lowest BCUT2D eigenvalue weighted by molar-refractivity contribution is 0.466. The molecule has 0 aliphatic rings. The Hall–Kier alpha value is -2.31. The van der Waals surface area contributed by atoms with E-state index in [4.69, 9.17) is 9.05 Å². The first-order valence-electron chi connectivity index (χ1n) is 15.0. The molecule has 3 aromatic carbocycles. The molecule has 0 bridgehead atoms. The monoisotopic (exact) mass is 574 g/mol. The second kappa shape index (κ2) is 11.4. The molecule has 3 rings (SSSR count). The van der Waals surface area contributed by atoms with Gasteiger partial charge in [-0.2, -0.15) is 0 Å². The Labute approximate surface area is 253 Å². The molecule has 0 N–H and O–H groups in total. The van der Waals surface area contributed by atoms with Gasteiger partial charge in [0, 0.05) is 11.1 Å². The van der Waals surface area contributed by atoms with Crippen molar-refractivity contribution in [1.82, 2.24) is 0 Å². The Bertz CT molecular complexity index is 1250. The van der Waals surface area contributed by atoms with Crippen LogP contribution in [0.3, 0.4) is 0 Å². The van der Waals surface area contributed by atoms with Crippen molar-refractivity contribution in [3.05, 3.63) is 88.5 Å². The van der Waals surface area contributed by atoms with Gasteiger partial charge in [-0.05, 0) is 68.0 Å². The normalized spacial score (nSPS) is 13.5. The molecular formula is C38H55O2P. The molecule has 2 nitrogen and oxygen atoms in total. The molecule has 0 radical (unpaired) electrons. The van der Waals surface area contributed by atoms with E-state index in [2.05, 4.69) is 165 Å². The van der Waals surface area contributed by atoms with Gasteiger partial charge in [0.25, 0.3) is 0 Å². The molecule has 3 aromatic rings. The Kier molecular flexibility index (Phi) is 9.24. The molecule has 0 aliphatic carbocycles. The van der Waals surface area contributed by atoms with Crippen molar-refractivity contribution < 1.29 is 9.05 Å². The summed E-state index contributed by atoms with van der Waals surface area (Å²) in [6, 6.07) is 22.2. The van der Waals surface area contributed by atoms with E-state index in [1.165, 1.54) is 27.8 Å². The van der Waals surface area contributed by atoms with Gasteiger partial charge in [-0.3, -0.25) is 0 Å². The van der Waals surface area contributed by atoms with Gasteiger partial charge in [0.05, 0.1) is 5.30 Å². The van der Waals surface area contributed by atoms with Crippen molar-refractivity contribution in [1.29, 1.82) is 0 Å². The first-order chi connectivity index (χ1) is 18.5. The SMILES string of the molecule is CC(C)(C)c1ccc(P(Oc2ccc(C(C)(C)C)cc2C(C)(C)C)Oc2ccc(C(C)(C)C)cc2C(C)(C)C)cc1. The highest BCUT2D eigenvalue weighted by Crippen LogP contribution is 2.47. The summed E-state index contributed by atoms with van der Waals surface area (Å²) in [7, 11) is -1.46. The summed E-state index contributed by atoms with van der Waals surface area (Å²) in [4.78, 5) is 0. The first kappa shape index (κ1) is 33.2. The molecule has 0 atom stereocenters. The minimum absolute atomic E-state index is 0.0545. The summed E-state index contributed by atoms with van der Waals surface area (Å²) in [5, 5.41) is 1.06. The zero-order valence-electron chi connectivity index (χ0n) is 28.5. The smallest absolute Gasteiger partial charge is 0.326 e. The van der Waals surface area contributed by atoms with E-state index in [1.54, 1.807) is 0 Å². The Morgan fingerprint density at radius 2 is 0.707 bits per heavy atom. The summed E-state index contributed by atoms with van der Waals surface area (Å²) in [6.07, 6.45) is 0. The average Bonchev–Trinajstić information content (AvgIpc) is 2.81. The number of benzene rings is 3. The first-order valence-corrected chi connectivity index (χ1v) is 16.2. The van der Waals surface area contributed by atoms with Crippen molar-refractivity contribution >= 4 is 13.7 Å². The van der Waals surface area contributed by atoms with Crippen molar-refractivity contribution in [2.45, 2.75) is 131 Å². The quantitative estimate of drug-likeness (QED) is 0.282. The van der Waals surface area contributed by atoms with E-state index < -0.39 is 8.38 Å². The molecule has 0 unspecified atom stereocenters. The Morgan fingerprint density at radius 3 is 1.00 bits per heavy atom. The van der Waals surface area contributed by atoms with E-state index >= 15 is 0 Å². The summed E-state index contributed by atoms with van der Waals surface area (Å²) in [5.41, 5.74) is 6.33. The predicted octanol–water partition coefficient (Wildman–Crippen LogP) is 11.3. The van der Waals surface area contributed by atoms with Crippen molar-refractivity contribution in [2.75, 3.05) is 0 Å². The molecule has 3 heteroatoms. The van der Waals surface area contributed by atoms with E-state index in [0.717, 1.165) is 16.8 Å². The minimum atomic E-state index is -1.46. The van der Waals surface area contributed by atoms with Crippen LogP contribution in [0.5, 0.6) is 11.5 Å². The van der Waals surface area contributed by atoms with Gasteiger partial charge in [0.2, 0.25) is 0 Å². The zero-order chi connectivity index (χ0) is 31.2. The highest BCUT2D eigenvalue weighted by molar-refractivity contribution is 7.56. The molecule has 0 saturated carbocycles. The van der Waals surface area contributed by atoms with Crippen LogP contribution in [0.25, 0.3) is 0 Å². The molecule has 0 fully saturated rings. The topological polar surface area (TPSA) is 18.5 Å². The van der Waals surface area contributed by atoms with Crippen LogP contribution < -0.4 is 14.4 Å².